The Morgan fingerprint density at radius 2 is 2.04 bits per heavy atom. The standard InChI is InChI=1S/C21H25N3O3S/c25-19(23-10-12-27-13-11-23)16-6-7-17-18(14-16)22-21(28)24(20(17)26)9-8-15-4-2-1-3-5-15/h4,6-7,14H,1-3,5,8-13H2,(H,22,28). The summed E-state index contributed by atoms with van der Waals surface area (Å²) in [5.41, 5.74) is 2.49. The van der Waals surface area contributed by atoms with E-state index >= 15 is 0 Å². The molecule has 0 bridgehead atoms. The molecule has 6 nitrogen and oxygen atoms in total. The summed E-state index contributed by atoms with van der Waals surface area (Å²) in [6, 6.07) is 5.19. The number of H-pyrrole nitrogens is 1. The molecule has 0 atom stereocenters. The molecule has 28 heavy (non-hydrogen) atoms. The predicted molar refractivity (Wildman–Crippen MR) is 111 cm³/mol. The zero-order valence-electron chi connectivity index (χ0n) is 15.9. The van der Waals surface area contributed by atoms with Crippen molar-refractivity contribution in [3.05, 3.63) is 50.5 Å². The van der Waals surface area contributed by atoms with E-state index in [1.54, 1.807) is 27.7 Å². The summed E-state index contributed by atoms with van der Waals surface area (Å²) in [6.07, 6.45) is 7.89. The molecule has 0 radical (unpaired) electrons. The number of ether oxygens (including phenoxy) is 1. The number of hydrogen-bond acceptors (Lipinski definition) is 4. The van der Waals surface area contributed by atoms with Crippen molar-refractivity contribution in [3.63, 3.8) is 0 Å². The van der Waals surface area contributed by atoms with Gasteiger partial charge in [-0.1, -0.05) is 11.6 Å². The van der Waals surface area contributed by atoms with Crippen molar-refractivity contribution in [2.24, 2.45) is 0 Å². The number of benzene rings is 1. The fourth-order valence-corrected chi connectivity index (χ4v) is 4.21. The minimum Gasteiger partial charge on any atom is -0.378 e. The summed E-state index contributed by atoms with van der Waals surface area (Å²) >= 11 is 5.44. The van der Waals surface area contributed by atoms with Gasteiger partial charge in [-0.15, -0.1) is 0 Å². The molecule has 0 unspecified atom stereocenters. The summed E-state index contributed by atoms with van der Waals surface area (Å²) in [5, 5.41) is 0.560. The second kappa shape index (κ2) is 8.41. The molecule has 7 heteroatoms. The maximum atomic E-state index is 12.9. The van der Waals surface area contributed by atoms with Crippen LogP contribution in [0.2, 0.25) is 0 Å². The van der Waals surface area contributed by atoms with Gasteiger partial charge in [-0.2, -0.15) is 0 Å². The van der Waals surface area contributed by atoms with Crippen molar-refractivity contribution in [3.8, 4) is 0 Å². The molecular formula is C21H25N3O3S. The van der Waals surface area contributed by atoms with E-state index in [-0.39, 0.29) is 11.5 Å². The number of allylic oxidation sites excluding steroid dienone is 2. The van der Waals surface area contributed by atoms with Crippen LogP contribution in [0.3, 0.4) is 0 Å². The Labute approximate surface area is 168 Å². The van der Waals surface area contributed by atoms with Crippen LogP contribution in [0.4, 0.5) is 0 Å². The third-order valence-corrected chi connectivity index (χ3v) is 5.89. The van der Waals surface area contributed by atoms with Gasteiger partial charge in [0.25, 0.3) is 11.5 Å². The monoisotopic (exact) mass is 399 g/mol. The first-order valence-electron chi connectivity index (χ1n) is 9.95. The van der Waals surface area contributed by atoms with Crippen LogP contribution < -0.4 is 5.56 Å². The first-order valence-corrected chi connectivity index (χ1v) is 10.4. The van der Waals surface area contributed by atoms with E-state index in [2.05, 4.69) is 11.1 Å². The van der Waals surface area contributed by atoms with Crippen LogP contribution in [0.1, 0.15) is 42.5 Å². The Kier molecular flexibility index (Phi) is 5.73. The molecule has 148 valence electrons. The van der Waals surface area contributed by atoms with E-state index in [1.165, 1.54) is 18.4 Å². The van der Waals surface area contributed by atoms with Gasteiger partial charge in [0, 0.05) is 25.2 Å². The molecule has 2 heterocycles. The molecule has 1 amide bonds. The molecule has 1 aliphatic heterocycles. The van der Waals surface area contributed by atoms with Crippen molar-refractivity contribution in [2.45, 2.75) is 38.6 Å². The molecule has 2 aliphatic rings. The fraction of sp³-hybridized carbons (Fsp3) is 0.476. The smallest absolute Gasteiger partial charge is 0.262 e. The molecule has 1 N–H and O–H groups in total. The number of nitrogens with zero attached hydrogens (tertiary/aromatic N) is 2. The van der Waals surface area contributed by atoms with Gasteiger partial charge in [0.15, 0.2) is 4.77 Å². The van der Waals surface area contributed by atoms with Gasteiger partial charge < -0.3 is 14.6 Å². The highest BCUT2D eigenvalue weighted by atomic mass is 32.1. The Hall–Kier alpha value is -2.25. The Balaban J connectivity index is 1.60. The second-order valence-electron chi connectivity index (χ2n) is 7.41. The van der Waals surface area contributed by atoms with Crippen molar-refractivity contribution in [1.29, 1.82) is 0 Å². The van der Waals surface area contributed by atoms with Crippen LogP contribution in [-0.4, -0.2) is 46.7 Å². The molecular weight excluding hydrogens is 374 g/mol. The van der Waals surface area contributed by atoms with Gasteiger partial charge in [0.1, 0.15) is 0 Å². The molecule has 2 aromatic rings. The van der Waals surface area contributed by atoms with E-state index in [9.17, 15) is 9.59 Å². The van der Waals surface area contributed by atoms with Crippen LogP contribution in [0.5, 0.6) is 0 Å². The highest BCUT2D eigenvalue weighted by molar-refractivity contribution is 7.71. The Morgan fingerprint density at radius 1 is 1.21 bits per heavy atom. The zero-order valence-corrected chi connectivity index (χ0v) is 16.7. The number of rotatable bonds is 4. The first-order chi connectivity index (χ1) is 13.6. The van der Waals surface area contributed by atoms with Gasteiger partial charge in [0.05, 0.1) is 24.1 Å². The number of carbonyl (C=O) groups is 1. The number of aromatic nitrogens is 2. The highest BCUT2D eigenvalue weighted by Gasteiger charge is 2.19. The lowest BCUT2D eigenvalue weighted by Gasteiger charge is -2.26. The molecule has 1 aromatic heterocycles. The minimum atomic E-state index is -0.0967. The Morgan fingerprint density at radius 3 is 2.79 bits per heavy atom. The molecule has 1 aromatic carbocycles. The normalized spacial score (nSPS) is 17.6. The van der Waals surface area contributed by atoms with Crippen molar-refractivity contribution in [1.82, 2.24) is 14.5 Å². The third-order valence-electron chi connectivity index (χ3n) is 5.57. The number of hydrogen-bond donors (Lipinski definition) is 1. The highest BCUT2D eigenvalue weighted by Crippen LogP contribution is 2.21. The van der Waals surface area contributed by atoms with Gasteiger partial charge in [0.2, 0.25) is 0 Å². The molecule has 1 saturated heterocycles. The average Bonchev–Trinajstić information content (AvgIpc) is 2.74. The third kappa shape index (κ3) is 3.95. The zero-order chi connectivity index (χ0) is 19.5. The van der Waals surface area contributed by atoms with Crippen LogP contribution in [0, 0.1) is 4.77 Å². The number of amides is 1. The van der Waals surface area contributed by atoms with Gasteiger partial charge in [-0.25, -0.2) is 0 Å². The van der Waals surface area contributed by atoms with E-state index < -0.39 is 0 Å². The van der Waals surface area contributed by atoms with Gasteiger partial charge in [-0.3, -0.25) is 14.2 Å². The molecule has 1 fully saturated rings. The lowest BCUT2D eigenvalue weighted by atomic mass is 9.97. The van der Waals surface area contributed by atoms with E-state index in [0.717, 1.165) is 19.3 Å². The first kappa shape index (κ1) is 19.1. The second-order valence-corrected chi connectivity index (χ2v) is 7.80. The SMILES string of the molecule is O=C(c1ccc2c(=O)n(CCC3=CCCCC3)c(=S)[nH]c2c1)N1CCOCC1. The quantitative estimate of drug-likeness (QED) is 0.632. The van der Waals surface area contributed by atoms with Crippen molar-refractivity contribution in [2.75, 3.05) is 26.3 Å². The summed E-state index contributed by atoms with van der Waals surface area (Å²) in [5.74, 6) is -0.0436. The summed E-state index contributed by atoms with van der Waals surface area (Å²) < 4.78 is 7.35. The van der Waals surface area contributed by atoms with Crippen LogP contribution in [0.15, 0.2) is 34.6 Å². The summed E-state index contributed by atoms with van der Waals surface area (Å²) in [4.78, 5) is 30.6. The van der Waals surface area contributed by atoms with Crippen LogP contribution in [-0.2, 0) is 11.3 Å². The largest absolute Gasteiger partial charge is 0.378 e. The molecule has 4 rings (SSSR count). The van der Waals surface area contributed by atoms with Gasteiger partial charge in [-0.05, 0) is 62.5 Å². The van der Waals surface area contributed by atoms with E-state index in [0.29, 0.717) is 54.1 Å². The van der Waals surface area contributed by atoms with Crippen LogP contribution in [0.25, 0.3) is 10.9 Å². The summed E-state index contributed by atoms with van der Waals surface area (Å²) in [7, 11) is 0. The number of fused-ring (bicyclic) bond motifs is 1. The predicted octanol–water partition coefficient (Wildman–Crippen LogP) is 3.42. The Bertz CT molecular complexity index is 1030. The minimum absolute atomic E-state index is 0.0436. The van der Waals surface area contributed by atoms with Crippen molar-refractivity contribution < 1.29 is 9.53 Å². The van der Waals surface area contributed by atoms with Gasteiger partial charge >= 0.3 is 0 Å². The summed E-state index contributed by atoms with van der Waals surface area (Å²) in [6.45, 7) is 2.88. The molecule has 0 saturated carbocycles. The fourth-order valence-electron chi connectivity index (χ4n) is 3.93. The maximum absolute atomic E-state index is 12.9. The lowest BCUT2D eigenvalue weighted by molar-refractivity contribution is 0.0303. The van der Waals surface area contributed by atoms with Crippen LogP contribution >= 0.6 is 12.2 Å². The lowest BCUT2D eigenvalue weighted by Crippen LogP contribution is -2.40. The number of morpholine rings is 1. The van der Waals surface area contributed by atoms with Crippen molar-refractivity contribution >= 4 is 29.0 Å². The van der Waals surface area contributed by atoms with E-state index in [4.69, 9.17) is 17.0 Å². The van der Waals surface area contributed by atoms with E-state index in [1.807, 2.05) is 0 Å². The number of nitrogens with one attached hydrogen (secondary N) is 1. The molecule has 0 spiro atoms. The molecule has 1 aliphatic carbocycles. The topological polar surface area (TPSA) is 67.3 Å². The maximum Gasteiger partial charge on any atom is 0.262 e. The number of carbonyl (C=O) groups excluding carboxylic acids is 1. The average molecular weight is 400 g/mol. The number of aromatic amines is 1.